The molecule has 0 saturated carbocycles. The molecule has 0 N–H and O–H groups in total. The number of esters is 1. The summed E-state index contributed by atoms with van der Waals surface area (Å²) >= 11 is 3.55. The molecule has 0 amide bonds. The molecule has 35 heavy (non-hydrogen) atoms. The summed E-state index contributed by atoms with van der Waals surface area (Å²) in [4.78, 5) is 16.0. The fourth-order valence-corrected chi connectivity index (χ4v) is 5.65. The number of hydrogen-bond acceptors (Lipinski definition) is 3. The van der Waals surface area contributed by atoms with Crippen molar-refractivity contribution in [3.05, 3.63) is 117 Å². The van der Waals surface area contributed by atoms with E-state index in [4.69, 9.17) is 4.74 Å². The van der Waals surface area contributed by atoms with Crippen molar-refractivity contribution in [1.29, 1.82) is 0 Å². The van der Waals surface area contributed by atoms with Gasteiger partial charge in [0.15, 0.2) is 6.04 Å². The van der Waals surface area contributed by atoms with Crippen LogP contribution in [0.25, 0.3) is 5.57 Å². The second kappa shape index (κ2) is 10.2. The van der Waals surface area contributed by atoms with Gasteiger partial charge in [0.1, 0.15) is 0 Å². The van der Waals surface area contributed by atoms with Gasteiger partial charge in [0, 0.05) is 10.2 Å². The molecule has 3 aromatic rings. The van der Waals surface area contributed by atoms with Crippen molar-refractivity contribution in [2.24, 2.45) is 0 Å². The van der Waals surface area contributed by atoms with Crippen LogP contribution in [-0.4, -0.2) is 24.2 Å². The quantitative estimate of drug-likeness (QED) is 0.315. The van der Waals surface area contributed by atoms with Gasteiger partial charge in [-0.05, 0) is 86.7 Å². The summed E-state index contributed by atoms with van der Waals surface area (Å²) in [5.41, 5.74) is 7.11. The van der Waals surface area contributed by atoms with E-state index in [1.807, 2.05) is 55.5 Å². The molecule has 4 heteroatoms. The van der Waals surface area contributed by atoms with E-state index < -0.39 is 11.6 Å². The topological polar surface area (TPSA) is 29.5 Å². The summed E-state index contributed by atoms with van der Waals surface area (Å²) in [6.07, 6.45) is 0. The van der Waals surface area contributed by atoms with E-state index in [0.717, 1.165) is 32.4 Å². The maximum Gasteiger partial charge on any atom is 0.333 e. The molecule has 4 rings (SSSR count). The van der Waals surface area contributed by atoms with Gasteiger partial charge in [0.05, 0.1) is 12.1 Å². The van der Waals surface area contributed by atoms with Crippen LogP contribution < -0.4 is 4.90 Å². The van der Waals surface area contributed by atoms with Gasteiger partial charge in [0.2, 0.25) is 0 Å². The Labute approximate surface area is 217 Å². The highest BCUT2D eigenvalue weighted by Crippen LogP contribution is 2.50. The highest BCUT2D eigenvalue weighted by atomic mass is 79.9. The summed E-state index contributed by atoms with van der Waals surface area (Å²) < 4.78 is 6.73. The normalized spacial score (nSPS) is 16.9. The number of rotatable bonds is 5. The van der Waals surface area contributed by atoms with Gasteiger partial charge in [0.25, 0.3) is 0 Å². The van der Waals surface area contributed by atoms with Gasteiger partial charge in [-0.25, -0.2) is 4.79 Å². The Kier molecular flexibility index (Phi) is 7.32. The van der Waals surface area contributed by atoms with Gasteiger partial charge in [-0.15, -0.1) is 0 Å². The summed E-state index contributed by atoms with van der Waals surface area (Å²) in [5, 5.41) is 0. The minimum absolute atomic E-state index is 0.237. The van der Waals surface area contributed by atoms with Gasteiger partial charge < -0.3 is 9.64 Å². The van der Waals surface area contributed by atoms with Crippen LogP contribution in [0.1, 0.15) is 45.7 Å². The predicted octanol–water partition coefficient (Wildman–Crippen LogP) is 7.82. The Balaban J connectivity index is 2.14. The van der Waals surface area contributed by atoms with Crippen molar-refractivity contribution in [3.63, 3.8) is 0 Å². The number of nitrogens with zero attached hydrogens (tertiary/aromatic N) is 1. The van der Waals surface area contributed by atoms with E-state index in [1.54, 1.807) is 0 Å². The van der Waals surface area contributed by atoms with Crippen molar-refractivity contribution in [3.8, 4) is 0 Å². The van der Waals surface area contributed by atoms with Crippen LogP contribution in [0.15, 0.2) is 106 Å². The number of carbonyl (C=O) groups is 1. The lowest BCUT2D eigenvalue weighted by molar-refractivity contribution is -0.143. The molecule has 0 spiro atoms. The second-order valence-electron chi connectivity index (χ2n) is 9.46. The molecule has 1 saturated heterocycles. The standard InChI is InChI=1S/C31H32BrNO2/c1-6-35-30(34)29-27(26(22-13-9-7-10-14-22)23-15-11-8-12-16-23)28(21(2)3)31(4,5)33(29)25-19-17-24(32)18-20-25/h7-20,29H,6H2,1-5H3. The third-order valence-corrected chi connectivity index (χ3v) is 7.05. The van der Waals surface area contributed by atoms with E-state index >= 15 is 0 Å². The molecular formula is C31H32BrNO2. The minimum atomic E-state index is -0.591. The summed E-state index contributed by atoms with van der Waals surface area (Å²) in [6.45, 7) is 10.9. The van der Waals surface area contributed by atoms with E-state index in [0.29, 0.717) is 6.61 Å². The molecule has 3 aromatic carbocycles. The van der Waals surface area contributed by atoms with Gasteiger partial charge in [-0.2, -0.15) is 0 Å². The molecule has 1 aliphatic heterocycles. The average Bonchev–Trinajstić information content (AvgIpc) is 3.08. The molecule has 1 fully saturated rings. The van der Waals surface area contributed by atoms with Crippen molar-refractivity contribution in [2.45, 2.75) is 46.2 Å². The predicted molar refractivity (Wildman–Crippen MR) is 148 cm³/mol. The number of halogens is 1. The zero-order chi connectivity index (χ0) is 25.2. The van der Waals surface area contributed by atoms with Gasteiger partial charge >= 0.3 is 5.97 Å². The molecule has 0 radical (unpaired) electrons. The number of hydrogen-bond donors (Lipinski definition) is 0. The monoisotopic (exact) mass is 529 g/mol. The van der Waals surface area contributed by atoms with Crippen LogP contribution in [0, 0.1) is 0 Å². The molecule has 1 heterocycles. The molecule has 0 aliphatic carbocycles. The fourth-order valence-electron chi connectivity index (χ4n) is 5.39. The average molecular weight is 531 g/mol. The number of benzene rings is 3. The molecule has 180 valence electrons. The summed E-state index contributed by atoms with van der Waals surface area (Å²) in [6, 6.07) is 28.3. The number of carbonyl (C=O) groups excluding carboxylic acids is 1. The lowest BCUT2D eigenvalue weighted by atomic mass is 9.82. The summed E-state index contributed by atoms with van der Waals surface area (Å²) in [5.74, 6) is -0.237. The number of anilines is 1. The smallest absolute Gasteiger partial charge is 0.333 e. The van der Waals surface area contributed by atoms with Gasteiger partial charge in [-0.1, -0.05) is 82.2 Å². The Morgan fingerprint density at radius 1 is 0.886 bits per heavy atom. The van der Waals surface area contributed by atoms with E-state index in [1.165, 1.54) is 11.1 Å². The van der Waals surface area contributed by atoms with Crippen molar-refractivity contribution in [2.75, 3.05) is 11.5 Å². The third-order valence-electron chi connectivity index (χ3n) is 6.52. The van der Waals surface area contributed by atoms with E-state index in [2.05, 4.69) is 84.9 Å². The van der Waals surface area contributed by atoms with Crippen LogP contribution in [-0.2, 0) is 9.53 Å². The maximum absolute atomic E-state index is 13.8. The van der Waals surface area contributed by atoms with Gasteiger partial charge in [-0.3, -0.25) is 0 Å². The highest BCUT2D eigenvalue weighted by Gasteiger charge is 2.52. The molecular weight excluding hydrogens is 498 g/mol. The maximum atomic E-state index is 13.8. The van der Waals surface area contributed by atoms with Crippen LogP contribution >= 0.6 is 15.9 Å². The molecule has 1 aliphatic rings. The zero-order valence-electron chi connectivity index (χ0n) is 21.0. The number of allylic oxidation sites excluding steroid dienone is 1. The largest absolute Gasteiger partial charge is 0.464 e. The van der Waals surface area contributed by atoms with Crippen LogP contribution in [0.5, 0.6) is 0 Å². The summed E-state index contributed by atoms with van der Waals surface area (Å²) in [7, 11) is 0. The zero-order valence-corrected chi connectivity index (χ0v) is 22.6. The molecule has 0 aromatic heterocycles. The Bertz CT molecular complexity index is 1210. The molecule has 1 unspecified atom stereocenters. The van der Waals surface area contributed by atoms with Crippen LogP contribution in [0.2, 0.25) is 0 Å². The van der Waals surface area contributed by atoms with Crippen molar-refractivity contribution in [1.82, 2.24) is 0 Å². The van der Waals surface area contributed by atoms with E-state index in [-0.39, 0.29) is 5.97 Å². The first kappa shape index (κ1) is 25.0. The Morgan fingerprint density at radius 2 is 1.40 bits per heavy atom. The van der Waals surface area contributed by atoms with E-state index in [9.17, 15) is 4.79 Å². The first-order chi connectivity index (χ1) is 16.8. The lowest BCUT2D eigenvalue weighted by Gasteiger charge is -2.37. The first-order valence-electron chi connectivity index (χ1n) is 12.0. The number of ether oxygens (including phenoxy) is 1. The van der Waals surface area contributed by atoms with Crippen molar-refractivity contribution < 1.29 is 9.53 Å². The van der Waals surface area contributed by atoms with Crippen LogP contribution in [0.4, 0.5) is 5.69 Å². The first-order valence-corrected chi connectivity index (χ1v) is 12.8. The minimum Gasteiger partial charge on any atom is -0.464 e. The SMILES string of the molecule is CCOC(=O)C1C(=C(c2ccccc2)c2ccccc2)C(=C(C)C)C(C)(C)N1c1ccc(Br)cc1. The Hall–Kier alpha value is -3.11. The highest BCUT2D eigenvalue weighted by molar-refractivity contribution is 9.10. The molecule has 1 atom stereocenters. The molecule has 3 nitrogen and oxygen atoms in total. The second-order valence-corrected chi connectivity index (χ2v) is 10.4. The van der Waals surface area contributed by atoms with Crippen molar-refractivity contribution >= 4 is 33.2 Å². The Morgan fingerprint density at radius 3 is 1.86 bits per heavy atom. The lowest BCUT2D eigenvalue weighted by Crippen LogP contribution is -2.47. The van der Waals surface area contributed by atoms with Crippen LogP contribution in [0.3, 0.4) is 0 Å². The fraction of sp³-hybridized carbons (Fsp3) is 0.258. The molecule has 0 bridgehead atoms. The third kappa shape index (κ3) is 4.72.